The molecule has 0 saturated carbocycles. The molecule has 13 heavy (non-hydrogen) atoms. The van der Waals surface area contributed by atoms with E-state index in [0.717, 1.165) is 0 Å². The van der Waals surface area contributed by atoms with Crippen LogP contribution < -0.4 is 11.1 Å². The van der Waals surface area contributed by atoms with E-state index in [2.05, 4.69) is 5.32 Å². The molecule has 0 fully saturated rings. The first-order chi connectivity index (χ1) is 6.09. The summed E-state index contributed by atoms with van der Waals surface area (Å²) in [5.41, 5.74) is 5.10. The molecule has 0 saturated heterocycles. The van der Waals surface area contributed by atoms with Gasteiger partial charge in [-0.25, -0.2) is 4.79 Å². The van der Waals surface area contributed by atoms with Crippen molar-refractivity contribution in [3.05, 3.63) is 11.8 Å². The third-order valence-corrected chi connectivity index (χ3v) is 1.59. The largest absolute Gasteiger partial charge is 0.487 e. The van der Waals surface area contributed by atoms with Crippen LogP contribution in [0.25, 0.3) is 0 Å². The Morgan fingerprint density at radius 3 is 3.08 bits per heavy atom. The van der Waals surface area contributed by atoms with Crippen LogP contribution in [0.4, 0.5) is 0 Å². The third-order valence-electron chi connectivity index (χ3n) is 1.59. The van der Waals surface area contributed by atoms with E-state index in [1.165, 1.54) is 6.08 Å². The number of guanidine groups is 1. The van der Waals surface area contributed by atoms with Crippen molar-refractivity contribution < 1.29 is 14.6 Å². The molecule has 6 heteroatoms. The van der Waals surface area contributed by atoms with Crippen molar-refractivity contribution in [3.8, 4) is 0 Å². The van der Waals surface area contributed by atoms with Crippen molar-refractivity contribution in [1.29, 1.82) is 5.41 Å². The van der Waals surface area contributed by atoms with E-state index in [1.807, 2.05) is 0 Å². The highest BCUT2D eigenvalue weighted by Crippen LogP contribution is 2.10. The summed E-state index contributed by atoms with van der Waals surface area (Å²) < 4.78 is 4.86. The molecule has 5 N–H and O–H groups in total. The molecule has 72 valence electrons. The average molecular weight is 185 g/mol. The maximum atomic E-state index is 10.5. The minimum Gasteiger partial charge on any atom is -0.487 e. The van der Waals surface area contributed by atoms with Crippen LogP contribution in [0.1, 0.15) is 6.42 Å². The first kappa shape index (κ1) is 9.37. The van der Waals surface area contributed by atoms with Gasteiger partial charge in [-0.1, -0.05) is 0 Å². The Morgan fingerprint density at radius 1 is 1.85 bits per heavy atom. The van der Waals surface area contributed by atoms with Gasteiger partial charge in [-0.15, -0.1) is 0 Å². The second-order valence-electron chi connectivity index (χ2n) is 2.64. The van der Waals surface area contributed by atoms with Gasteiger partial charge in [0.05, 0.1) is 12.6 Å². The first-order valence-corrected chi connectivity index (χ1v) is 3.78. The van der Waals surface area contributed by atoms with E-state index in [9.17, 15) is 4.79 Å². The van der Waals surface area contributed by atoms with Crippen molar-refractivity contribution >= 4 is 11.9 Å². The molecule has 0 aromatic heterocycles. The zero-order valence-electron chi connectivity index (χ0n) is 6.91. The molecule has 1 aliphatic heterocycles. The summed E-state index contributed by atoms with van der Waals surface area (Å²) in [6.45, 7) is 0.322. The number of carboxylic acid groups (broad SMARTS) is 1. The third kappa shape index (κ3) is 2.66. The maximum absolute atomic E-state index is 10.5. The quantitative estimate of drug-likeness (QED) is 0.333. The van der Waals surface area contributed by atoms with Crippen molar-refractivity contribution in [1.82, 2.24) is 5.32 Å². The maximum Gasteiger partial charge on any atom is 0.370 e. The topological polar surface area (TPSA) is 108 Å². The lowest BCUT2D eigenvalue weighted by atomic mass is 10.1. The summed E-state index contributed by atoms with van der Waals surface area (Å²) in [5.74, 6) is -1.37. The normalized spacial score (nSPS) is 21.2. The second kappa shape index (κ2) is 3.79. The monoisotopic (exact) mass is 185 g/mol. The van der Waals surface area contributed by atoms with Gasteiger partial charge in [0, 0.05) is 6.42 Å². The molecular weight excluding hydrogens is 174 g/mol. The molecule has 0 aromatic rings. The first-order valence-electron chi connectivity index (χ1n) is 3.78. The molecule has 1 unspecified atom stereocenters. The zero-order valence-corrected chi connectivity index (χ0v) is 6.91. The Morgan fingerprint density at radius 2 is 2.54 bits per heavy atom. The summed E-state index contributed by atoms with van der Waals surface area (Å²) in [5, 5.41) is 18.1. The van der Waals surface area contributed by atoms with Crippen LogP contribution in [0.3, 0.4) is 0 Å². The molecule has 0 spiro atoms. The second-order valence-corrected chi connectivity index (χ2v) is 2.64. The van der Waals surface area contributed by atoms with Gasteiger partial charge < -0.3 is 20.9 Å². The lowest BCUT2D eigenvalue weighted by Crippen LogP contribution is -2.40. The predicted molar refractivity (Wildman–Crippen MR) is 45.1 cm³/mol. The van der Waals surface area contributed by atoms with Gasteiger partial charge in [0.1, 0.15) is 0 Å². The van der Waals surface area contributed by atoms with E-state index in [4.69, 9.17) is 21.0 Å². The Hall–Kier alpha value is -1.72. The number of nitrogens with one attached hydrogen (secondary N) is 2. The van der Waals surface area contributed by atoms with E-state index >= 15 is 0 Å². The average Bonchev–Trinajstić information content (AvgIpc) is 2.03. The van der Waals surface area contributed by atoms with E-state index in [0.29, 0.717) is 13.0 Å². The molecule has 0 radical (unpaired) electrons. The standard InChI is InChI=1S/C7H11N3O3/c8-7(9)10-4-1-2-13-5(3-4)6(11)12/h3-4H,1-2H2,(H,11,12)(H4,8,9,10). The van der Waals surface area contributed by atoms with Crippen molar-refractivity contribution in [3.63, 3.8) is 0 Å². The molecule has 6 nitrogen and oxygen atoms in total. The van der Waals surface area contributed by atoms with Gasteiger partial charge in [-0.3, -0.25) is 5.41 Å². The van der Waals surface area contributed by atoms with Gasteiger partial charge in [0.15, 0.2) is 5.96 Å². The van der Waals surface area contributed by atoms with Crippen molar-refractivity contribution in [2.24, 2.45) is 5.73 Å². The van der Waals surface area contributed by atoms with E-state index in [1.54, 1.807) is 0 Å². The Labute approximate surface area is 74.9 Å². The number of nitrogens with two attached hydrogens (primary N) is 1. The van der Waals surface area contributed by atoms with Gasteiger partial charge in [0.2, 0.25) is 5.76 Å². The molecule has 1 atom stereocenters. The lowest BCUT2D eigenvalue weighted by Gasteiger charge is -2.20. The summed E-state index contributed by atoms with van der Waals surface area (Å²) in [4.78, 5) is 10.5. The van der Waals surface area contributed by atoms with Crippen molar-refractivity contribution in [2.75, 3.05) is 6.61 Å². The van der Waals surface area contributed by atoms with Crippen LogP contribution in [0, 0.1) is 5.41 Å². The lowest BCUT2D eigenvalue weighted by molar-refractivity contribution is -0.137. The highest BCUT2D eigenvalue weighted by atomic mass is 16.5. The molecule has 0 aromatic carbocycles. The Kier molecular flexibility index (Phi) is 2.73. The van der Waals surface area contributed by atoms with Crippen LogP contribution in [-0.2, 0) is 9.53 Å². The minimum absolute atomic E-state index is 0.0926. The smallest absolute Gasteiger partial charge is 0.370 e. The highest BCUT2D eigenvalue weighted by molar-refractivity contribution is 5.84. The van der Waals surface area contributed by atoms with Crippen LogP contribution in [0.15, 0.2) is 11.8 Å². The highest BCUT2D eigenvalue weighted by Gasteiger charge is 2.18. The van der Waals surface area contributed by atoms with Crippen LogP contribution >= 0.6 is 0 Å². The fraction of sp³-hybridized carbons (Fsp3) is 0.429. The number of hydrogen-bond acceptors (Lipinski definition) is 3. The SMILES string of the molecule is N=C(N)NC1C=C(C(=O)O)OCC1. The molecule has 1 aliphatic rings. The Balaban J connectivity index is 2.62. The van der Waals surface area contributed by atoms with E-state index in [-0.39, 0.29) is 17.8 Å². The molecule has 0 amide bonds. The van der Waals surface area contributed by atoms with Gasteiger partial charge in [-0.2, -0.15) is 0 Å². The fourth-order valence-electron chi connectivity index (χ4n) is 1.06. The van der Waals surface area contributed by atoms with Crippen LogP contribution in [0.2, 0.25) is 0 Å². The zero-order chi connectivity index (χ0) is 9.84. The van der Waals surface area contributed by atoms with Crippen LogP contribution in [0.5, 0.6) is 0 Å². The number of carbonyl (C=O) groups is 1. The number of hydrogen-bond donors (Lipinski definition) is 4. The predicted octanol–water partition coefficient (Wildman–Crippen LogP) is -0.773. The van der Waals surface area contributed by atoms with Gasteiger partial charge >= 0.3 is 5.97 Å². The summed E-state index contributed by atoms with van der Waals surface area (Å²) >= 11 is 0. The molecule has 1 heterocycles. The molecule has 0 aliphatic carbocycles. The van der Waals surface area contributed by atoms with Gasteiger partial charge in [-0.05, 0) is 6.08 Å². The summed E-state index contributed by atoms with van der Waals surface area (Å²) in [6.07, 6.45) is 2.02. The summed E-state index contributed by atoms with van der Waals surface area (Å²) in [7, 11) is 0. The van der Waals surface area contributed by atoms with E-state index < -0.39 is 5.97 Å². The minimum atomic E-state index is -1.10. The van der Waals surface area contributed by atoms with Crippen molar-refractivity contribution in [2.45, 2.75) is 12.5 Å². The number of carboxylic acids is 1. The number of ether oxygens (including phenoxy) is 1. The van der Waals surface area contributed by atoms with Crippen LogP contribution in [-0.4, -0.2) is 29.7 Å². The van der Waals surface area contributed by atoms with Gasteiger partial charge in [0.25, 0.3) is 0 Å². The number of rotatable bonds is 2. The summed E-state index contributed by atoms with van der Waals surface area (Å²) in [6, 6.07) is -0.225. The molecule has 1 rings (SSSR count). The fourth-order valence-corrected chi connectivity index (χ4v) is 1.06. The molecular formula is C7H11N3O3. The molecule has 0 bridgehead atoms. The Bertz CT molecular complexity index is 262. The number of aliphatic carboxylic acids is 1.